The van der Waals surface area contributed by atoms with Gasteiger partial charge in [0, 0.05) is 19.3 Å². The summed E-state index contributed by atoms with van der Waals surface area (Å²) < 4.78 is 24.9. The van der Waals surface area contributed by atoms with Crippen molar-refractivity contribution in [3.05, 3.63) is 81.7 Å². The number of nitrogens with zero attached hydrogens (tertiary/aromatic N) is 2. The van der Waals surface area contributed by atoms with Crippen LogP contribution in [0.1, 0.15) is 21.5 Å². The van der Waals surface area contributed by atoms with E-state index in [0.717, 1.165) is 17.7 Å². The maximum absolute atomic E-state index is 13.3. The molecule has 2 aromatic carbocycles. The highest BCUT2D eigenvalue weighted by molar-refractivity contribution is 9.10. The molecule has 0 bridgehead atoms. The van der Waals surface area contributed by atoms with Crippen LogP contribution in [-0.4, -0.2) is 29.4 Å². The number of halogens is 2. The third-order valence-corrected chi connectivity index (χ3v) is 5.43. The molecule has 4 rings (SSSR count). The van der Waals surface area contributed by atoms with Gasteiger partial charge in [-0.25, -0.2) is 9.37 Å². The summed E-state index contributed by atoms with van der Waals surface area (Å²) in [5.74, 6) is 0.780. The lowest BCUT2D eigenvalue weighted by Crippen LogP contribution is -2.36. The van der Waals surface area contributed by atoms with Gasteiger partial charge in [0.25, 0.3) is 5.91 Å². The first-order valence-electron chi connectivity index (χ1n) is 9.08. The molecule has 0 saturated heterocycles. The monoisotopic (exact) mass is 456 g/mol. The number of carbonyl (C=O) groups excluding carboxylic acids is 1. The number of benzene rings is 2. The SMILES string of the molecule is COc1ccc2c(c1)CN(C(=O)c1cccnc1Oc1ccc(F)cc1Br)CC2. The summed E-state index contributed by atoms with van der Waals surface area (Å²) in [7, 11) is 1.63. The van der Waals surface area contributed by atoms with Crippen LogP contribution in [0.15, 0.2) is 59.2 Å². The summed E-state index contributed by atoms with van der Waals surface area (Å²) in [4.78, 5) is 19.2. The number of methoxy groups -OCH3 is 1. The molecular weight excluding hydrogens is 439 g/mol. The van der Waals surface area contributed by atoms with E-state index in [-0.39, 0.29) is 17.6 Å². The molecule has 7 heteroatoms. The van der Waals surface area contributed by atoms with Crippen molar-refractivity contribution >= 4 is 21.8 Å². The van der Waals surface area contributed by atoms with Gasteiger partial charge in [-0.2, -0.15) is 0 Å². The second-order valence-corrected chi connectivity index (χ2v) is 7.50. The van der Waals surface area contributed by atoms with Gasteiger partial charge in [-0.1, -0.05) is 6.07 Å². The molecule has 5 nitrogen and oxygen atoms in total. The van der Waals surface area contributed by atoms with Crippen LogP contribution in [0.4, 0.5) is 4.39 Å². The van der Waals surface area contributed by atoms with Crippen molar-refractivity contribution < 1.29 is 18.7 Å². The maximum Gasteiger partial charge on any atom is 0.259 e. The first-order valence-corrected chi connectivity index (χ1v) is 9.87. The van der Waals surface area contributed by atoms with Gasteiger partial charge in [-0.3, -0.25) is 4.79 Å². The Balaban J connectivity index is 1.59. The average molecular weight is 457 g/mol. The van der Waals surface area contributed by atoms with Gasteiger partial charge in [-0.05, 0) is 75.9 Å². The molecule has 1 amide bonds. The molecule has 0 radical (unpaired) electrons. The van der Waals surface area contributed by atoms with Crippen LogP contribution in [0, 0.1) is 5.82 Å². The zero-order valence-corrected chi connectivity index (χ0v) is 17.3. The number of aromatic nitrogens is 1. The maximum atomic E-state index is 13.3. The summed E-state index contributed by atoms with van der Waals surface area (Å²) >= 11 is 3.27. The lowest BCUT2D eigenvalue weighted by Gasteiger charge is -2.29. The highest BCUT2D eigenvalue weighted by Crippen LogP contribution is 2.32. The predicted molar refractivity (Wildman–Crippen MR) is 110 cm³/mol. The van der Waals surface area contributed by atoms with E-state index in [9.17, 15) is 9.18 Å². The van der Waals surface area contributed by atoms with Gasteiger partial charge >= 0.3 is 0 Å². The molecule has 3 aromatic rings. The fraction of sp³-hybridized carbons (Fsp3) is 0.182. The quantitative estimate of drug-likeness (QED) is 0.555. The molecule has 1 aliphatic rings. The molecular formula is C22H18BrFN2O3. The Morgan fingerprint density at radius 3 is 2.83 bits per heavy atom. The minimum Gasteiger partial charge on any atom is -0.497 e. The number of hydrogen-bond acceptors (Lipinski definition) is 4. The van der Waals surface area contributed by atoms with Crippen molar-refractivity contribution in [2.75, 3.05) is 13.7 Å². The standard InChI is InChI=1S/C22H18BrFN2O3/c1-28-17-6-4-14-8-10-26(13-15(14)11-17)22(27)18-3-2-9-25-21(18)29-20-7-5-16(24)12-19(20)23/h2-7,9,11-12H,8,10,13H2,1H3. The van der Waals surface area contributed by atoms with Gasteiger partial charge in [0.2, 0.25) is 5.88 Å². The van der Waals surface area contributed by atoms with Gasteiger partial charge in [0.15, 0.2) is 0 Å². The van der Waals surface area contributed by atoms with E-state index in [1.807, 2.05) is 18.2 Å². The van der Waals surface area contributed by atoms with Crippen molar-refractivity contribution in [1.29, 1.82) is 0 Å². The van der Waals surface area contributed by atoms with E-state index in [4.69, 9.17) is 9.47 Å². The number of rotatable bonds is 4. The van der Waals surface area contributed by atoms with Crippen LogP contribution in [0.2, 0.25) is 0 Å². The smallest absolute Gasteiger partial charge is 0.259 e. The van der Waals surface area contributed by atoms with E-state index in [1.54, 1.807) is 30.3 Å². The predicted octanol–water partition coefficient (Wildman–Crippen LogP) is 4.98. The normalized spacial score (nSPS) is 13.0. The third-order valence-electron chi connectivity index (χ3n) is 4.82. The molecule has 0 unspecified atom stereocenters. The fourth-order valence-electron chi connectivity index (χ4n) is 3.30. The first-order chi connectivity index (χ1) is 14.0. The van der Waals surface area contributed by atoms with Crippen molar-refractivity contribution in [1.82, 2.24) is 9.88 Å². The van der Waals surface area contributed by atoms with Crippen LogP contribution in [0.5, 0.6) is 17.4 Å². The summed E-state index contributed by atoms with van der Waals surface area (Å²) in [6.45, 7) is 1.09. The van der Waals surface area contributed by atoms with Crippen LogP contribution in [0.3, 0.4) is 0 Å². The minimum absolute atomic E-state index is 0.167. The lowest BCUT2D eigenvalue weighted by atomic mass is 9.99. The van der Waals surface area contributed by atoms with Gasteiger partial charge < -0.3 is 14.4 Å². The van der Waals surface area contributed by atoms with Gasteiger partial charge in [0.1, 0.15) is 22.9 Å². The summed E-state index contributed by atoms with van der Waals surface area (Å²) in [5, 5.41) is 0. The van der Waals surface area contributed by atoms with E-state index < -0.39 is 0 Å². The Morgan fingerprint density at radius 1 is 1.17 bits per heavy atom. The van der Waals surface area contributed by atoms with Crippen LogP contribution >= 0.6 is 15.9 Å². The molecule has 1 aromatic heterocycles. The second-order valence-electron chi connectivity index (χ2n) is 6.64. The van der Waals surface area contributed by atoms with E-state index in [1.165, 1.54) is 23.8 Å². The molecule has 0 aliphatic carbocycles. The highest BCUT2D eigenvalue weighted by atomic mass is 79.9. The Hall–Kier alpha value is -2.93. The topological polar surface area (TPSA) is 51.7 Å². The Bertz CT molecular complexity index is 1070. The molecule has 2 heterocycles. The molecule has 0 saturated carbocycles. The van der Waals surface area contributed by atoms with Gasteiger partial charge in [0.05, 0.1) is 11.6 Å². The molecule has 29 heavy (non-hydrogen) atoms. The number of hydrogen-bond donors (Lipinski definition) is 0. The Kier molecular flexibility index (Phi) is 5.49. The van der Waals surface area contributed by atoms with E-state index in [2.05, 4.69) is 20.9 Å². The average Bonchev–Trinajstić information content (AvgIpc) is 2.74. The summed E-state index contributed by atoms with van der Waals surface area (Å²) in [5.41, 5.74) is 2.64. The van der Waals surface area contributed by atoms with E-state index in [0.29, 0.717) is 28.9 Å². The number of pyridine rings is 1. The third kappa shape index (κ3) is 4.10. The van der Waals surface area contributed by atoms with Crippen molar-refractivity contribution in [2.45, 2.75) is 13.0 Å². The Labute approximate surface area is 176 Å². The second kappa shape index (κ2) is 8.21. The molecule has 0 spiro atoms. The minimum atomic E-state index is -0.385. The number of carbonyl (C=O) groups is 1. The van der Waals surface area contributed by atoms with E-state index >= 15 is 0 Å². The largest absolute Gasteiger partial charge is 0.497 e. The van der Waals surface area contributed by atoms with Crippen molar-refractivity contribution in [3.8, 4) is 17.4 Å². The number of amides is 1. The molecule has 1 aliphatic heterocycles. The van der Waals surface area contributed by atoms with Crippen LogP contribution in [-0.2, 0) is 13.0 Å². The Morgan fingerprint density at radius 2 is 2.03 bits per heavy atom. The van der Waals surface area contributed by atoms with Gasteiger partial charge in [-0.15, -0.1) is 0 Å². The van der Waals surface area contributed by atoms with Crippen molar-refractivity contribution in [3.63, 3.8) is 0 Å². The highest BCUT2D eigenvalue weighted by Gasteiger charge is 2.25. The zero-order valence-electron chi connectivity index (χ0n) is 15.7. The van der Waals surface area contributed by atoms with Crippen LogP contribution < -0.4 is 9.47 Å². The molecule has 0 atom stereocenters. The first kappa shape index (κ1) is 19.4. The number of ether oxygens (including phenoxy) is 2. The molecule has 0 N–H and O–H groups in total. The van der Waals surface area contributed by atoms with Crippen molar-refractivity contribution in [2.24, 2.45) is 0 Å². The lowest BCUT2D eigenvalue weighted by molar-refractivity contribution is 0.0731. The van der Waals surface area contributed by atoms with Crippen LogP contribution in [0.25, 0.3) is 0 Å². The summed E-state index contributed by atoms with van der Waals surface area (Å²) in [6.07, 6.45) is 2.32. The molecule has 0 fully saturated rings. The molecule has 148 valence electrons. The zero-order chi connectivity index (χ0) is 20.4. The summed E-state index contributed by atoms with van der Waals surface area (Å²) in [6, 6.07) is 13.4. The fourth-order valence-corrected chi connectivity index (χ4v) is 3.73. The number of fused-ring (bicyclic) bond motifs is 1.